The van der Waals surface area contributed by atoms with E-state index in [1.165, 1.54) is 21.3 Å². The van der Waals surface area contributed by atoms with Crippen molar-refractivity contribution in [3.63, 3.8) is 0 Å². The van der Waals surface area contributed by atoms with Gasteiger partial charge in [-0.3, -0.25) is 0 Å². The van der Waals surface area contributed by atoms with Crippen LogP contribution in [0.4, 0.5) is 4.39 Å². The lowest BCUT2D eigenvalue weighted by atomic mass is 10.1. The zero-order valence-corrected chi connectivity index (χ0v) is 11.1. The minimum Gasteiger partial charge on any atom is -0.493 e. The maximum absolute atomic E-state index is 14.1. The Labute approximate surface area is 107 Å². The van der Waals surface area contributed by atoms with Crippen LogP contribution in [0.25, 0.3) is 0 Å². The van der Waals surface area contributed by atoms with Crippen molar-refractivity contribution in [1.82, 2.24) is 0 Å². The van der Waals surface area contributed by atoms with E-state index >= 15 is 0 Å². The van der Waals surface area contributed by atoms with Gasteiger partial charge in [0.1, 0.15) is 0 Å². The summed E-state index contributed by atoms with van der Waals surface area (Å²) in [6, 6.07) is 1.75. The standard InChI is InChI=1S/C13H20FNO3/c1-16-10-8-9(6-4-5-7-15)12(17-2)11(14)13(10)18-3/h8H,4-7,15H2,1-3H3. The fourth-order valence-electron chi connectivity index (χ4n) is 1.85. The largest absolute Gasteiger partial charge is 0.493 e. The maximum atomic E-state index is 14.1. The van der Waals surface area contributed by atoms with Crippen molar-refractivity contribution in [2.75, 3.05) is 27.9 Å². The molecule has 0 spiro atoms. The summed E-state index contributed by atoms with van der Waals surface area (Å²) >= 11 is 0. The highest BCUT2D eigenvalue weighted by Crippen LogP contribution is 2.39. The Morgan fingerprint density at radius 2 is 1.72 bits per heavy atom. The first kappa shape index (κ1) is 14.6. The van der Waals surface area contributed by atoms with E-state index in [1.807, 2.05) is 0 Å². The van der Waals surface area contributed by atoms with Crippen molar-refractivity contribution >= 4 is 0 Å². The molecule has 102 valence electrons. The van der Waals surface area contributed by atoms with Gasteiger partial charge in [-0.25, -0.2) is 0 Å². The van der Waals surface area contributed by atoms with Crippen LogP contribution in [0.15, 0.2) is 6.07 Å². The van der Waals surface area contributed by atoms with E-state index in [2.05, 4.69) is 0 Å². The van der Waals surface area contributed by atoms with E-state index < -0.39 is 5.82 Å². The fraction of sp³-hybridized carbons (Fsp3) is 0.538. The Morgan fingerprint density at radius 3 is 2.22 bits per heavy atom. The molecule has 0 amide bonds. The lowest BCUT2D eigenvalue weighted by Crippen LogP contribution is -2.03. The molecule has 0 saturated heterocycles. The first-order chi connectivity index (χ1) is 8.69. The van der Waals surface area contributed by atoms with Crippen LogP contribution in [0.5, 0.6) is 17.2 Å². The third kappa shape index (κ3) is 3.04. The van der Waals surface area contributed by atoms with Crippen molar-refractivity contribution in [3.05, 3.63) is 17.4 Å². The van der Waals surface area contributed by atoms with E-state index in [-0.39, 0.29) is 11.5 Å². The van der Waals surface area contributed by atoms with Crippen LogP contribution < -0.4 is 19.9 Å². The third-order valence-corrected chi connectivity index (χ3v) is 2.75. The zero-order chi connectivity index (χ0) is 13.5. The molecule has 0 heterocycles. The molecule has 0 aliphatic carbocycles. The Kier molecular flexibility index (Phi) is 5.71. The summed E-state index contributed by atoms with van der Waals surface area (Å²) < 4.78 is 29.4. The lowest BCUT2D eigenvalue weighted by molar-refractivity contribution is 0.318. The summed E-state index contributed by atoms with van der Waals surface area (Å²) in [6.07, 6.45) is 2.46. The summed E-state index contributed by atoms with van der Waals surface area (Å²) in [4.78, 5) is 0. The quantitative estimate of drug-likeness (QED) is 0.760. The molecule has 4 nitrogen and oxygen atoms in total. The van der Waals surface area contributed by atoms with Crippen molar-refractivity contribution in [3.8, 4) is 17.2 Å². The van der Waals surface area contributed by atoms with Gasteiger partial charge in [0.25, 0.3) is 0 Å². The average molecular weight is 257 g/mol. The first-order valence-corrected chi connectivity index (χ1v) is 5.87. The second kappa shape index (κ2) is 7.06. The molecule has 0 aliphatic heterocycles. The first-order valence-electron chi connectivity index (χ1n) is 5.87. The minimum absolute atomic E-state index is 0.0666. The molecule has 1 rings (SSSR count). The normalized spacial score (nSPS) is 10.3. The number of hydrogen-bond donors (Lipinski definition) is 1. The van der Waals surface area contributed by atoms with E-state index in [0.29, 0.717) is 18.7 Å². The van der Waals surface area contributed by atoms with Gasteiger partial charge in [0, 0.05) is 5.56 Å². The van der Waals surface area contributed by atoms with Crippen LogP contribution >= 0.6 is 0 Å². The van der Waals surface area contributed by atoms with Gasteiger partial charge in [-0.2, -0.15) is 4.39 Å². The van der Waals surface area contributed by atoms with Gasteiger partial charge in [-0.1, -0.05) is 0 Å². The van der Waals surface area contributed by atoms with Crippen LogP contribution in [-0.4, -0.2) is 27.9 Å². The third-order valence-electron chi connectivity index (χ3n) is 2.75. The van der Waals surface area contributed by atoms with Crippen molar-refractivity contribution in [2.24, 2.45) is 5.73 Å². The molecule has 0 radical (unpaired) electrons. The number of benzene rings is 1. The smallest absolute Gasteiger partial charge is 0.210 e. The van der Waals surface area contributed by atoms with Crippen LogP contribution in [0.2, 0.25) is 0 Å². The molecule has 0 fully saturated rings. The monoisotopic (exact) mass is 257 g/mol. The van der Waals surface area contributed by atoms with Crippen LogP contribution in [0.3, 0.4) is 0 Å². The highest BCUT2D eigenvalue weighted by atomic mass is 19.1. The maximum Gasteiger partial charge on any atom is 0.210 e. The lowest BCUT2D eigenvalue weighted by Gasteiger charge is -2.15. The number of nitrogens with two attached hydrogens (primary N) is 1. The van der Waals surface area contributed by atoms with Gasteiger partial charge in [0.15, 0.2) is 11.5 Å². The number of rotatable bonds is 7. The van der Waals surface area contributed by atoms with Crippen LogP contribution in [-0.2, 0) is 6.42 Å². The predicted molar refractivity (Wildman–Crippen MR) is 68.0 cm³/mol. The highest BCUT2D eigenvalue weighted by Gasteiger charge is 2.20. The molecule has 18 heavy (non-hydrogen) atoms. The van der Waals surface area contributed by atoms with E-state index in [1.54, 1.807) is 6.07 Å². The summed E-state index contributed by atoms with van der Waals surface area (Å²) in [5, 5.41) is 0. The molecular weight excluding hydrogens is 237 g/mol. The minimum atomic E-state index is -0.526. The van der Waals surface area contributed by atoms with Gasteiger partial charge >= 0.3 is 0 Å². The Hall–Kier alpha value is -1.49. The number of ether oxygens (including phenoxy) is 3. The molecular formula is C13H20FNO3. The van der Waals surface area contributed by atoms with E-state index in [0.717, 1.165) is 18.4 Å². The average Bonchev–Trinajstić information content (AvgIpc) is 2.38. The summed E-state index contributed by atoms with van der Waals surface area (Å²) in [6.45, 7) is 0.623. The molecule has 1 aromatic carbocycles. The van der Waals surface area contributed by atoms with E-state index in [9.17, 15) is 4.39 Å². The second-order valence-electron chi connectivity index (χ2n) is 3.86. The molecule has 0 atom stereocenters. The highest BCUT2D eigenvalue weighted by molar-refractivity contribution is 5.52. The fourth-order valence-corrected chi connectivity index (χ4v) is 1.85. The Balaban J connectivity index is 3.11. The SMILES string of the molecule is COc1cc(CCCCN)c(OC)c(F)c1OC. The molecule has 0 bridgehead atoms. The van der Waals surface area contributed by atoms with Crippen molar-refractivity contribution in [2.45, 2.75) is 19.3 Å². The topological polar surface area (TPSA) is 53.7 Å². The molecule has 0 aliphatic rings. The Morgan fingerprint density at radius 1 is 1.06 bits per heavy atom. The molecule has 1 aromatic rings. The number of methoxy groups -OCH3 is 3. The van der Waals surface area contributed by atoms with Gasteiger partial charge in [-0.15, -0.1) is 0 Å². The zero-order valence-electron chi connectivity index (χ0n) is 11.1. The number of hydrogen-bond acceptors (Lipinski definition) is 4. The molecule has 2 N–H and O–H groups in total. The molecule has 0 unspecified atom stereocenters. The number of aryl methyl sites for hydroxylation is 1. The second-order valence-corrected chi connectivity index (χ2v) is 3.86. The molecule has 5 heteroatoms. The van der Waals surface area contributed by atoms with Crippen molar-refractivity contribution in [1.29, 1.82) is 0 Å². The van der Waals surface area contributed by atoms with Crippen LogP contribution in [0.1, 0.15) is 18.4 Å². The molecule has 0 saturated carbocycles. The van der Waals surface area contributed by atoms with Gasteiger partial charge in [-0.05, 0) is 31.9 Å². The number of unbranched alkanes of at least 4 members (excludes halogenated alkanes) is 1. The number of halogens is 1. The predicted octanol–water partition coefficient (Wildman–Crippen LogP) is 2.13. The Bertz CT molecular complexity index is 396. The van der Waals surface area contributed by atoms with Crippen LogP contribution in [0, 0.1) is 5.82 Å². The van der Waals surface area contributed by atoms with Gasteiger partial charge in [0.05, 0.1) is 21.3 Å². The van der Waals surface area contributed by atoms with Crippen molar-refractivity contribution < 1.29 is 18.6 Å². The van der Waals surface area contributed by atoms with Gasteiger partial charge < -0.3 is 19.9 Å². The van der Waals surface area contributed by atoms with Gasteiger partial charge in [0.2, 0.25) is 11.6 Å². The van der Waals surface area contributed by atoms with E-state index in [4.69, 9.17) is 19.9 Å². The summed E-state index contributed by atoms with van der Waals surface area (Å²) in [5.74, 6) is 0.127. The summed E-state index contributed by atoms with van der Waals surface area (Å²) in [5.41, 5.74) is 6.21. The molecule has 0 aromatic heterocycles. The summed E-state index contributed by atoms with van der Waals surface area (Å²) in [7, 11) is 4.32.